The third kappa shape index (κ3) is 3.21. The minimum Gasteiger partial charge on any atom is -0.342 e. The summed E-state index contributed by atoms with van der Waals surface area (Å²) in [4.78, 5) is 40.1. The van der Waals surface area contributed by atoms with Gasteiger partial charge in [-0.3, -0.25) is 19.3 Å². The van der Waals surface area contributed by atoms with E-state index in [0.717, 1.165) is 13.1 Å². The Kier molecular flexibility index (Phi) is 4.69. The van der Waals surface area contributed by atoms with Gasteiger partial charge in [0.2, 0.25) is 5.91 Å². The fourth-order valence-corrected chi connectivity index (χ4v) is 3.86. The van der Waals surface area contributed by atoms with Crippen molar-refractivity contribution in [2.24, 2.45) is 11.8 Å². The van der Waals surface area contributed by atoms with E-state index in [1.807, 2.05) is 4.90 Å². The van der Waals surface area contributed by atoms with Crippen molar-refractivity contribution in [1.82, 2.24) is 9.80 Å². The highest BCUT2D eigenvalue weighted by Crippen LogP contribution is 2.24. The largest absolute Gasteiger partial charge is 0.342 e. The van der Waals surface area contributed by atoms with Gasteiger partial charge in [-0.1, -0.05) is 26.0 Å². The van der Waals surface area contributed by atoms with Gasteiger partial charge in [-0.15, -0.1) is 0 Å². The lowest BCUT2D eigenvalue weighted by molar-refractivity contribution is -0.134. The highest BCUT2D eigenvalue weighted by atomic mass is 16.2. The van der Waals surface area contributed by atoms with Crippen LogP contribution in [0.4, 0.5) is 0 Å². The van der Waals surface area contributed by atoms with Gasteiger partial charge >= 0.3 is 0 Å². The fourth-order valence-electron chi connectivity index (χ4n) is 3.86. The number of nitrogens with zero attached hydrogens (tertiary/aromatic N) is 2. The number of fused-ring (bicyclic) bond motifs is 1. The Morgan fingerprint density at radius 2 is 1.58 bits per heavy atom. The Balaban J connectivity index is 1.53. The van der Waals surface area contributed by atoms with E-state index in [2.05, 4.69) is 13.8 Å². The van der Waals surface area contributed by atoms with Crippen LogP contribution in [-0.4, -0.2) is 47.2 Å². The van der Waals surface area contributed by atoms with Gasteiger partial charge in [-0.2, -0.15) is 0 Å². The van der Waals surface area contributed by atoms with Crippen molar-refractivity contribution in [2.75, 3.05) is 19.6 Å². The molecular weight excluding hydrogens is 304 g/mol. The monoisotopic (exact) mass is 328 g/mol. The SMILES string of the molecule is CC1CC(C)CN(C(=O)CCCN2C(=O)c3ccccc3C2=O)C1. The second-order valence-corrected chi connectivity index (χ2v) is 7.16. The average molecular weight is 328 g/mol. The van der Waals surface area contributed by atoms with Gasteiger partial charge in [0.15, 0.2) is 0 Å². The summed E-state index contributed by atoms with van der Waals surface area (Å²) in [7, 11) is 0. The van der Waals surface area contributed by atoms with Crippen molar-refractivity contribution in [3.8, 4) is 0 Å². The maximum Gasteiger partial charge on any atom is 0.261 e. The molecule has 5 heteroatoms. The van der Waals surface area contributed by atoms with Crippen molar-refractivity contribution in [3.05, 3.63) is 35.4 Å². The number of imide groups is 1. The van der Waals surface area contributed by atoms with Crippen molar-refractivity contribution >= 4 is 17.7 Å². The van der Waals surface area contributed by atoms with E-state index in [-0.39, 0.29) is 17.7 Å². The van der Waals surface area contributed by atoms with Crippen LogP contribution >= 0.6 is 0 Å². The van der Waals surface area contributed by atoms with E-state index < -0.39 is 0 Å². The molecule has 0 saturated carbocycles. The Bertz CT molecular complexity index is 625. The van der Waals surface area contributed by atoms with Crippen LogP contribution in [0.15, 0.2) is 24.3 Å². The molecule has 0 aliphatic carbocycles. The predicted octanol–water partition coefficient (Wildman–Crippen LogP) is 2.57. The lowest BCUT2D eigenvalue weighted by Crippen LogP contribution is -2.42. The first-order valence-corrected chi connectivity index (χ1v) is 8.70. The smallest absolute Gasteiger partial charge is 0.261 e. The lowest BCUT2D eigenvalue weighted by atomic mass is 9.91. The second-order valence-electron chi connectivity index (χ2n) is 7.16. The van der Waals surface area contributed by atoms with E-state index in [9.17, 15) is 14.4 Å². The molecule has 1 fully saturated rings. The topological polar surface area (TPSA) is 57.7 Å². The summed E-state index contributed by atoms with van der Waals surface area (Å²) in [5.41, 5.74) is 0.931. The predicted molar refractivity (Wildman–Crippen MR) is 90.6 cm³/mol. The van der Waals surface area contributed by atoms with Gasteiger partial charge in [0, 0.05) is 26.1 Å². The second kappa shape index (κ2) is 6.75. The summed E-state index contributed by atoms with van der Waals surface area (Å²) >= 11 is 0. The Hall–Kier alpha value is -2.17. The Morgan fingerprint density at radius 1 is 1.04 bits per heavy atom. The molecule has 3 rings (SSSR count). The van der Waals surface area contributed by atoms with Gasteiger partial charge in [0.25, 0.3) is 11.8 Å². The number of benzene rings is 1. The highest BCUT2D eigenvalue weighted by molar-refractivity contribution is 6.21. The number of rotatable bonds is 4. The zero-order valence-electron chi connectivity index (χ0n) is 14.3. The number of amides is 3. The van der Waals surface area contributed by atoms with E-state index in [4.69, 9.17) is 0 Å². The minimum atomic E-state index is -0.247. The van der Waals surface area contributed by atoms with Crippen LogP contribution < -0.4 is 0 Å². The zero-order valence-corrected chi connectivity index (χ0v) is 14.3. The minimum absolute atomic E-state index is 0.130. The van der Waals surface area contributed by atoms with Crippen LogP contribution in [0.5, 0.6) is 0 Å². The number of carbonyl (C=O) groups is 3. The maximum atomic E-state index is 12.4. The van der Waals surface area contributed by atoms with Crippen LogP contribution in [0.3, 0.4) is 0 Å². The molecule has 2 aliphatic heterocycles. The Morgan fingerprint density at radius 3 is 2.12 bits per heavy atom. The summed E-state index contributed by atoms with van der Waals surface area (Å²) in [6, 6.07) is 6.87. The molecule has 5 nitrogen and oxygen atoms in total. The van der Waals surface area contributed by atoms with Gasteiger partial charge in [-0.25, -0.2) is 0 Å². The summed E-state index contributed by atoms with van der Waals surface area (Å²) in [6.45, 7) is 6.28. The lowest BCUT2D eigenvalue weighted by Gasteiger charge is -2.35. The van der Waals surface area contributed by atoms with Crippen LogP contribution in [0.2, 0.25) is 0 Å². The summed E-state index contributed by atoms with van der Waals surface area (Å²) in [5.74, 6) is 0.708. The van der Waals surface area contributed by atoms with Crippen LogP contribution in [-0.2, 0) is 4.79 Å². The highest BCUT2D eigenvalue weighted by Gasteiger charge is 2.34. The average Bonchev–Trinajstić information content (AvgIpc) is 2.79. The first kappa shape index (κ1) is 16.7. The van der Waals surface area contributed by atoms with Gasteiger partial charge in [-0.05, 0) is 36.8 Å². The first-order valence-electron chi connectivity index (χ1n) is 8.70. The molecule has 24 heavy (non-hydrogen) atoms. The quantitative estimate of drug-likeness (QED) is 0.798. The molecule has 128 valence electrons. The molecule has 0 spiro atoms. The molecule has 2 unspecified atom stereocenters. The summed E-state index contributed by atoms with van der Waals surface area (Å²) in [6.07, 6.45) is 2.06. The van der Waals surface area contributed by atoms with E-state index >= 15 is 0 Å². The molecule has 0 N–H and O–H groups in total. The molecule has 0 aromatic heterocycles. The van der Waals surface area contributed by atoms with Gasteiger partial charge in [0.1, 0.15) is 0 Å². The van der Waals surface area contributed by atoms with Crippen molar-refractivity contribution in [1.29, 1.82) is 0 Å². The van der Waals surface area contributed by atoms with Crippen molar-refractivity contribution in [3.63, 3.8) is 0 Å². The molecule has 0 radical (unpaired) electrons. The number of piperidine rings is 1. The molecule has 2 heterocycles. The van der Waals surface area contributed by atoms with Crippen LogP contribution in [0, 0.1) is 11.8 Å². The van der Waals surface area contributed by atoms with Crippen LogP contribution in [0.25, 0.3) is 0 Å². The summed E-state index contributed by atoms with van der Waals surface area (Å²) < 4.78 is 0. The third-order valence-corrected chi connectivity index (χ3v) is 4.87. The van der Waals surface area contributed by atoms with Gasteiger partial charge in [0.05, 0.1) is 11.1 Å². The fraction of sp³-hybridized carbons (Fsp3) is 0.526. The van der Waals surface area contributed by atoms with Crippen molar-refractivity contribution in [2.45, 2.75) is 33.1 Å². The van der Waals surface area contributed by atoms with E-state index in [1.165, 1.54) is 11.3 Å². The first-order chi connectivity index (χ1) is 11.5. The molecule has 2 aliphatic rings. The summed E-state index contributed by atoms with van der Waals surface area (Å²) in [5, 5.41) is 0. The van der Waals surface area contributed by atoms with E-state index in [1.54, 1.807) is 24.3 Å². The normalized spacial score (nSPS) is 23.6. The zero-order chi connectivity index (χ0) is 17.3. The molecule has 1 aromatic rings. The molecular formula is C19H24N2O3. The third-order valence-electron chi connectivity index (χ3n) is 4.87. The number of likely N-dealkylation sites (tertiary alicyclic amines) is 1. The molecule has 1 saturated heterocycles. The molecule has 1 aromatic carbocycles. The Labute approximate surface area is 142 Å². The van der Waals surface area contributed by atoms with E-state index in [0.29, 0.717) is 42.3 Å². The number of hydrogen-bond donors (Lipinski definition) is 0. The number of carbonyl (C=O) groups excluding carboxylic acids is 3. The standard InChI is InChI=1S/C19H24N2O3/c1-13-10-14(2)12-20(11-13)17(22)8-5-9-21-18(23)15-6-3-4-7-16(15)19(21)24/h3-4,6-7,13-14H,5,8-12H2,1-2H3. The number of hydrogen-bond acceptors (Lipinski definition) is 3. The molecule has 0 bridgehead atoms. The van der Waals surface area contributed by atoms with Crippen LogP contribution in [0.1, 0.15) is 53.8 Å². The van der Waals surface area contributed by atoms with Gasteiger partial charge < -0.3 is 4.90 Å². The molecule has 2 atom stereocenters. The van der Waals surface area contributed by atoms with Crippen molar-refractivity contribution < 1.29 is 14.4 Å². The maximum absolute atomic E-state index is 12.4. The molecule has 3 amide bonds.